The molecule has 1 aromatic heterocycles. The molecule has 1 atom stereocenters. The molecule has 3 N–H and O–H groups in total. The summed E-state index contributed by atoms with van der Waals surface area (Å²) in [6.45, 7) is 3.10. The highest BCUT2D eigenvalue weighted by Crippen LogP contribution is 2.20. The number of ether oxygens (including phenoxy) is 1. The van der Waals surface area contributed by atoms with Crippen LogP contribution in [0.1, 0.15) is 30.8 Å². The van der Waals surface area contributed by atoms with E-state index >= 15 is 0 Å². The third-order valence-corrected chi connectivity index (χ3v) is 3.30. The number of hydrogen-bond acceptors (Lipinski definition) is 4. The van der Waals surface area contributed by atoms with Crippen LogP contribution in [0, 0.1) is 0 Å². The topological polar surface area (TPSA) is 65.1 Å². The van der Waals surface area contributed by atoms with Gasteiger partial charge in [-0.05, 0) is 30.5 Å². The maximum absolute atomic E-state index is 5.71. The third-order valence-electron chi connectivity index (χ3n) is 3.30. The number of methoxy groups -OCH3 is 1. The van der Waals surface area contributed by atoms with Crippen molar-refractivity contribution in [3.8, 4) is 5.75 Å². The summed E-state index contributed by atoms with van der Waals surface area (Å²) in [4.78, 5) is 4.43. The van der Waals surface area contributed by atoms with Crippen molar-refractivity contribution in [2.75, 3.05) is 7.11 Å². The Hall–Kier alpha value is -1.85. The molecule has 2 rings (SSSR count). The summed E-state index contributed by atoms with van der Waals surface area (Å²) in [7, 11) is 1.67. The molecule has 0 aliphatic carbocycles. The molecule has 0 fully saturated rings. The van der Waals surface area contributed by atoms with Gasteiger partial charge in [-0.2, -0.15) is 0 Å². The van der Waals surface area contributed by atoms with Crippen molar-refractivity contribution in [3.63, 3.8) is 0 Å². The lowest BCUT2D eigenvalue weighted by Gasteiger charge is -2.17. The quantitative estimate of drug-likeness (QED) is 0.599. The molecule has 5 nitrogen and oxygen atoms in total. The summed E-state index contributed by atoms with van der Waals surface area (Å²) in [6.07, 6.45) is 5.66. The number of aryl methyl sites for hydroxylation is 1. The summed E-state index contributed by atoms with van der Waals surface area (Å²) >= 11 is 0. The van der Waals surface area contributed by atoms with Crippen LogP contribution in [0.25, 0.3) is 0 Å². The Morgan fingerprint density at radius 2 is 2.30 bits per heavy atom. The van der Waals surface area contributed by atoms with Gasteiger partial charge in [0, 0.05) is 18.9 Å². The summed E-state index contributed by atoms with van der Waals surface area (Å²) in [5.74, 6) is 7.54. The maximum Gasteiger partial charge on any atom is 0.127 e. The normalized spacial score (nSPS) is 12.3. The number of benzene rings is 1. The van der Waals surface area contributed by atoms with Crippen LogP contribution in [0.5, 0.6) is 5.75 Å². The van der Waals surface area contributed by atoms with Crippen LogP contribution in [-0.2, 0) is 13.0 Å². The SMILES string of the molecule is CCCn1ccnc1C(Cc1cccc(OC)c1)NN. The van der Waals surface area contributed by atoms with Gasteiger partial charge in [-0.25, -0.2) is 10.4 Å². The Labute approximate surface area is 119 Å². The van der Waals surface area contributed by atoms with Gasteiger partial charge in [-0.3, -0.25) is 5.84 Å². The first-order valence-corrected chi connectivity index (χ1v) is 6.88. The van der Waals surface area contributed by atoms with Crippen molar-refractivity contribution in [3.05, 3.63) is 48.0 Å². The number of nitrogens with zero attached hydrogens (tertiary/aromatic N) is 2. The molecule has 0 radical (unpaired) electrons. The molecule has 0 saturated heterocycles. The van der Waals surface area contributed by atoms with Crippen molar-refractivity contribution in [1.82, 2.24) is 15.0 Å². The number of rotatable bonds is 7. The lowest BCUT2D eigenvalue weighted by Crippen LogP contribution is -2.31. The van der Waals surface area contributed by atoms with Crippen LogP contribution >= 0.6 is 0 Å². The zero-order chi connectivity index (χ0) is 14.4. The Balaban J connectivity index is 2.17. The average molecular weight is 274 g/mol. The largest absolute Gasteiger partial charge is 0.497 e. The van der Waals surface area contributed by atoms with Gasteiger partial charge >= 0.3 is 0 Å². The monoisotopic (exact) mass is 274 g/mol. The Morgan fingerprint density at radius 3 is 3.00 bits per heavy atom. The molecular formula is C15H22N4O. The summed E-state index contributed by atoms with van der Waals surface area (Å²) in [6, 6.07) is 8.01. The number of aromatic nitrogens is 2. The van der Waals surface area contributed by atoms with Crippen molar-refractivity contribution < 1.29 is 4.74 Å². The van der Waals surface area contributed by atoms with Crippen molar-refractivity contribution >= 4 is 0 Å². The smallest absolute Gasteiger partial charge is 0.127 e. The van der Waals surface area contributed by atoms with Crippen LogP contribution < -0.4 is 16.0 Å². The molecule has 1 aromatic carbocycles. The van der Waals surface area contributed by atoms with Crippen molar-refractivity contribution in [2.45, 2.75) is 32.4 Å². The standard InChI is InChI=1S/C15H22N4O/c1-3-8-19-9-7-17-15(19)14(18-16)11-12-5-4-6-13(10-12)20-2/h4-7,9-10,14,18H,3,8,11,16H2,1-2H3. The molecule has 2 aromatic rings. The maximum atomic E-state index is 5.71. The summed E-state index contributed by atoms with van der Waals surface area (Å²) in [5, 5.41) is 0. The van der Waals surface area contributed by atoms with Crippen molar-refractivity contribution in [1.29, 1.82) is 0 Å². The summed E-state index contributed by atoms with van der Waals surface area (Å²) < 4.78 is 7.39. The fourth-order valence-corrected chi connectivity index (χ4v) is 2.32. The van der Waals surface area contributed by atoms with Gasteiger partial charge in [0.05, 0.1) is 13.2 Å². The van der Waals surface area contributed by atoms with Crippen LogP contribution in [-0.4, -0.2) is 16.7 Å². The van der Waals surface area contributed by atoms with E-state index in [-0.39, 0.29) is 6.04 Å². The lowest BCUT2D eigenvalue weighted by atomic mass is 10.1. The van der Waals surface area contributed by atoms with Gasteiger partial charge < -0.3 is 9.30 Å². The molecule has 108 valence electrons. The number of hydrogen-bond donors (Lipinski definition) is 2. The van der Waals surface area contributed by atoms with Gasteiger partial charge in [0.1, 0.15) is 11.6 Å². The van der Waals surface area contributed by atoms with E-state index in [0.717, 1.165) is 31.0 Å². The zero-order valence-corrected chi connectivity index (χ0v) is 12.0. The van der Waals surface area contributed by atoms with E-state index < -0.39 is 0 Å². The molecule has 5 heteroatoms. The molecule has 0 aliphatic rings. The van der Waals surface area contributed by atoms with Gasteiger partial charge in [0.25, 0.3) is 0 Å². The second-order valence-corrected chi connectivity index (χ2v) is 4.75. The van der Waals surface area contributed by atoms with E-state index in [9.17, 15) is 0 Å². The Bertz CT molecular complexity index is 538. The molecule has 1 unspecified atom stereocenters. The highest BCUT2D eigenvalue weighted by molar-refractivity contribution is 5.29. The van der Waals surface area contributed by atoms with Crippen LogP contribution in [0.3, 0.4) is 0 Å². The van der Waals surface area contributed by atoms with Crippen molar-refractivity contribution in [2.24, 2.45) is 5.84 Å². The minimum Gasteiger partial charge on any atom is -0.497 e. The highest BCUT2D eigenvalue weighted by Gasteiger charge is 2.16. The first-order valence-electron chi connectivity index (χ1n) is 6.88. The molecule has 0 amide bonds. The first-order chi connectivity index (χ1) is 9.78. The highest BCUT2D eigenvalue weighted by atomic mass is 16.5. The molecule has 0 saturated carbocycles. The lowest BCUT2D eigenvalue weighted by molar-refractivity contribution is 0.413. The molecule has 0 spiro atoms. The average Bonchev–Trinajstić information content (AvgIpc) is 2.93. The molecule has 0 aliphatic heterocycles. The fraction of sp³-hybridized carbons (Fsp3) is 0.400. The fourth-order valence-electron chi connectivity index (χ4n) is 2.32. The Morgan fingerprint density at radius 1 is 1.45 bits per heavy atom. The number of hydrazine groups is 1. The Kier molecular flexibility index (Phi) is 5.15. The summed E-state index contributed by atoms with van der Waals surface area (Å²) in [5.41, 5.74) is 4.03. The molecule has 20 heavy (non-hydrogen) atoms. The number of imidazole rings is 1. The third kappa shape index (κ3) is 3.37. The predicted molar refractivity (Wildman–Crippen MR) is 79.3 cm³/mol. The van der Waals surface area contributed by atoms with Crippen LogP contribution in [0.4, 0.5) is 0 Å². The van der Waals surface area contributed by atoms with E-state index in [4.69, 9.17) is 10.6 Å². The van der Waals surface area contributed by atoms with Gasteiger partial charge in [0.15, 0.2) is 0 Å². The molecule has 1 heterocycles. The minimum atomic E-state index is -0.0105. The van der Waals surface area contributed by atoms with Crippen LogP contribution in [0.2, 0.25) is 0 Å². The van der Waals surface area contributed by atoms with E-state index in [1.165, 1.54) is 5.56 Å². The molecule has 0 bridgehead atoms. The second kappa shape index (κ2) is 7.07. The van der Waals surface area contributed by atoms with E-state index in [2.05, 4.69) is 28.0 Å². The van der Waals surface area contributed by atoms with E-state index in [1.54, 1.807) is 7.11 Å². The zero-order valence-electron chi connectivity index (χ0n) is 12.0. The number of nitrogens with two attached hydrogens (primary N) is 1. The number of nitrogens with one attached hydrogen (secondary N) is 1. The van der Waals surface area contributed by atoms with Crippen LogP contribution in [0.15, 0.2) is 36.7 Å². The van der Waals surface area contributed by atoms with E-state index in [1.807, 2.05) is 30.6 Å². The van der Waals surface area contributed by atoms with Gasteiger partial charge in [-0.15, -0.1) is 0 Å². The molecular weight excluding hydrogens is 252 g/mol. The van der Waals surface area contributed by atoms with E-state index in [0.29, 0.717) is 0 Å². The first kappa shape index (κ1) is 14.6. The van der Waals surface area contributed by atoms with Gasteiger partial charge in [-0.1, -0.05) is 19.1 Å². The second-order valence-electron chi connectivity index (χ2n) is 4.75. The van der Waals surface area contributed by atoms with Gasteiger partial charge in [0.2, 0.25) is 0 Å². The predicted octanol–water partition coefficient (Wildman–Crippen LogP) is 2.05. The minimum absolute atomic E-state index is 0.0105.